The molecule has 8 heteroatoms. The molecule has 130 valence electrons. The second-order valence-corrected chi connectivity index (χ2v) is 8.44. The van der Waals surface area contributed by atoms with Crippen LogP contribution in [0.1, 0.15) is 30.7 Å². The largest absolute Gasteiger partial charge is 0.333 e. The lowest BCUT2D eigenvalue weighted by Gasteiger charge is -2.23. The van der Waals surface area contributed by atoms with E-state index in [1.54, 1.807) is 0 Å². The minimum atomic E-state index is -3.19. The van der Waals surface area contributed by atoms with E-state index >= 15 is 0 Å². The van der Waals surface area contributed by atoms with Gasteiger partial charge in [-0.2, -0.15) is 0 Å². The molecule has 2 aliphatic heterocycles. The molecule has 23 heavy (non-hydrogen) atoms. The first kappa shape index (κ1) is 16.9. The van der Waals surface area contributed by atoms with Crippen molar-refractivity contribution in [2.45, 2.75) is 38.9 Å². The zero-order chi connectivity index (χ0) is 16.3. The Morgan fingerprint density at radius 3 is 2.52 bits per heavy atom. The molecule has 0 bridgehead atoms. The van der Waals surface area contributed by atoms with Crippen molar-refractivity contribution in [3.8, 4) is 0 Å². The van der Waals surface area contributed by atoms with Crippen LogP contribution in [0.4, 0.5) is 0 Å². The van der Waals surface area contributed by atoms with E-state index in [2.05, 4.69) is 24.1 Å². The average molecular weight is 341 g/mol. The van der Waals surface area contributed by atoms with Gasteiger partial charge in [-0.25, -0.2) is 18.1 Å². The predicted molar refractivity (Wildman–Crippen MR) is 89.5 cm³/mol. The molecule has 1 saturated heterocycles. The Morgan fingerprint density at radius 2 is 1.78 bits per heavy atom. The van der Waals surface area contributed by atoms with Crippen molar-refractivity contribution in [3.63, 3.8) is 0 Å². The van der Waals surface area contributed by atoms with Gasteiger partial charge in [-0.05, 0) is 32.4 Å². The molecule has 3 heterocycles. The van der Waals surface area contributed by atoms with Gasteiger partial charge in [-0.1, -0.05) is 0 Å². The third-order valence-corrected chi connectivity index (χ3v) is 5.38. The zero-order valence-electron chi connectivity index (χ0n) is 13.9. The molecule has 0 spiro atoms. The van der Waals surface area contributed by atoms with E-state index in [-0.39, 0.29) is 6.54 Å². The summed E-state index contributed by atoms with van der Waals surface area (Å²) in [5.41, 5.74) is 2.00. The predicted octanol–water partition coefficient (Wildman–Crippen LogP) is 0.234. The van der Waals surface area contributed by atoms with Crippen LogP contribution in [0.5, 0.6) is 0 Å². The lowest BCUT2D eigenvalue weighted by molar-refractivity contribution is 0.220. The van der Waals surface area contributed by atoms with Gasteiger partial charge < -0.3 is 9.47 Å². The summed E-state index contributed by atoms with van der Waals surface area (Å²) in [5.74, 6) is 0. The number of hydrogen-bond donors (Lipinski definition) is 1. The molecule has 0 radical (unpaired) electrons. The summed E-state index contributed by atoms with van der Waals surface area (Å²) in [4.78, 5) is 9.42. The first-order chi connectivity index (χ1) is 11.0. The Hall–Kier alpha value is -0.960. The van der Waals surface area contributed by atoms with E-state index in [0.29, 0.717) is 0 Å². The number of fused-ring (bicyclic) bond motifs is 1. The zero-order valence-corrected chi connectivity index (χ0v) is 14.7. The summed E-state index contributed by atoms with van der Waals surface area (Å²) in [6, 6.07) is 0. The van der Waals surface area contributed by atoms with Crippen molar-refractivity contribution in [3.05, 3.63) is 17.7 Å². The summed E-state index contributed by atoms with van der Waals surface area (Å²) in [6.45, 7) is 7.85. The lowest BCUT2D eigenvalue weighted by atomic mass is 10.3. The molecule has 1 fully saturated rings. The summed E-state index contributed by atoms with van der Waals surface area (Å²) in [7, 11) is -3.19. The number of imidazole rings is 1. The Bertz CT molecular complexity index is 622. The third-order valence-electron chi connectivity index (χ3n) is 4.71. The quantitative estimate of drug-likeness (QED) is 0.802. The molecular weight excluding hydrogens is 314 g/mol. The van der Waals surface area contributed by atoms with Crippen molar-refractivity contribution >= 4 is 10.0 Å². The minimum Gasteiger partial charge on any atom is -0.333 e. The molecule has 0 unspecified atom stereocenters. The van der Waals surface area contributed by atoms with Gasteiger partial charge in [0.1, 0.15) is 0 Å². The van der Waals surface area contributed by atoms with Crippen LogP contribution in [0, 0.1) is 0 Å². The van der Waals surface area contributed by atoms with Crippen LogP contribution in [-0.4, -0.2) is 66.7 Å². The number of hydrogen-bond acceptors (Lipinski definition) is 5. The maximum absolute atomic E-state index is 11.3. The van der Waals surface area contributed by atoms with Gasteiger partial charge in [0.2, 0.25) is 10.0 Å². The molecule has 0 saturated carbocycles. The van der Waals surface area contributed by atoms with Crippen LogP contribution in [-0.2, 0) is 29.7 Å². The van der Waals surface area contributed by atoms with Crippen molar-refractivity contribution in [2.24, 2.45) is 0 Å². The first-order valence-electron chi connectivity index (χ1n) is 8.43. The van der Waals surface area contributed by atoms with Crippen LogP contribution >= 0.6 is 0 Å². The fraction of sp³-hybridized carbons (Fsp3) is 0.800. The average Bonchev–Trinajstić information content (AvgIpc) is 3.08. The molecule has 7 nitrogen and oxygen atoms in total. The normalized spacial score (nSPS) is 20.6. The van der Waals surface area contributed by atoms with Crippen molar-refractivity contribution in [1.29, 1.82) is 0 Å². The molecule has 0 aliphatic carbocycles. The number of sulfonamides is 1. The van der Waals surface area contributed by atoms with E-state index < -0.39 is 10.0 Å². The highest BCUT2D eigenvalue weighted by atomic mass is 32.2. The molecule has 3 rings (SSSR count). The highest BCUT2D eigenvalue weighted by Gasteiger charge is 2.20. The monoisotopic (exact) mass is 341 g/mol. The molecule has 1 aromatic heterocycles. The van der Waals surface area contributed by atoms with Gasteiger partial charge >= 0.3 is 0 Å². The fourth-order valence-corrected chi connectivity index (χ4v) is 3.81. The van der Waals surface area contributed by atoms with Gasteiger partial charge in [0.05, 0.1) is 30.5 Å². The minimum absolute atomic E-state index is 0.279. The van der Waals surface area contributed by atoms with Gasteiger partial charge in [0.15, 0.2) is 0 Å². The molecular formula is C15H27N5O2S. The van der Waals surface area contributed by atoms with Crippen LogP contribution in [0.25, 0.3) is 0 Å². The fourth-order valence-electron chi connectivity index (χ4n) is 3.41. The summed E-state index contributed by atoms with van der Waals surface area (Å²) in [5, 5.41) is 0. The number of rotatable bonds is 6. The van der Waals surface area contributed by atoms with Gasteiger partial charge in [-0.3, -0.25) is 4.90 Å². The van der Waals surface area contributed by atoms with Gasteiger partial charge in [-0.15, -0.1) is 0 Å². The first-order valence-corrected chi connectivity index (χ1v) is 10.3. The van der Waals surface area contributed by atoms with Crippen LogP contribution in [0.2, 0.25) is 0 Å². The maximum Gasteiger partial charge on any atom is 0.209 e. The lowest BCUT2D eigenvalue weighted by Crippen LogP contribution is -2.34. The summed E-state index contributed by atoms with van der Waals surface area (Å²) >= 11 is 0. The maximum atomic E-state index is 11.3. The second-order valence-electron chi connectivity index (χ2n) is 6.60. The van der Waals surface area contributed by atoms with Crippen LogP contribution in [0.3, 0.4) is 0 Å². The van der Waals surface area contributed by atoms with Crippen molar-refractivity contribution < 1.29 is 8.42 Å². The van der Waals surface area contributed by atoms with E-state index in [1.165, 1.54) is 32.2 Å². The molecule has 1 N–H and O–H groups in total. The standard InChI is InChI=1S/C15H27N5O2S/c1-23(21,22)17-11-14-15-12-19(7-4-8-20(15)13-16-14)10-9-18-5-2-3-6-18/h13,17H,2-12H2,1H3. The Morgan fingerprint density at radius 1 is 1.09 bits per heavy atom. The number of aromatic nitrogens is 2. The molecule has 2 aliphatic rings. The van der Waals surface area contributed by atoms with Crippen LogP contribution < -0.4 is 4.72 Å². The smallest absolute Gasteiger partial charge is 0.209 e. The summed E-state index contributed by atoms with van der Waals surface area (Å²) < 4.78 is 27.4. The molecule has 1 aromatic rings. The Kier molecular flexibility index (Phi) is 5.35. The highest BCUT2D eigenvalue weighted by molar-refractivity contribution is 7.88. The summed E-state index contributed by atoms with van der Waals surface area (Å²) in [6.07, 6.45) is 6.80. The molecule has 0 atom stereocenters. The Balaban J connectivity index is 1.62. The molecule has 0 aromatic carbocycles. The molecule has 0 amide bonds. The topological polar surface area (TPSA) is 70.5 Å². The Labute approximate surface area is 138 Å². The van der Waals surface area contributed by atoms with E-state index in [1.807, 2.05) is 6.33 Å². The number of nitrogens with one attached hydrogen (secondary N) is 1. The number of likely N-dealkylation sites (tertiary alicyclic amines) is 1. The van der Waals surface area contributed by atoms with E-state index in [0.717, 1.165) is 50.5 Å². The van der Waals surface area contributed by atoms with Crippen LogP contribution in [0.15, 0.2) is 6.33 Å². The van der Waals surface area contributed by atoms with E-state index in [9.17, 15) is 8.42 Å². The second kappa shape index (κ2) is 7.29. The number of nitrogens with zero attached hydrogens (tertiary/aromatic N) is 4. The van der Waals surface area contributed by atoms with Gasteiger partial charge in [0.25, 0.3) is 0 Å². The SMILES string of the molecule is CS(=O)(=O)NCc1ncn2c1CN(CCN1CCCC1)CCC2. The van der Waals surface area contributed by atoms with E-state index in [4.69, 9.17) is 0 Å². The number of aryl methyl sites for hydroxylation is 1. The van der Waals surface area contributed by atoms with Crippen molar-refractivity contribution in [1.82, 2.24) is 24.1 Å². The van der Waals surface area contributed by atoms with Crippen molar-refractivity contribution in [2.75, 3.05) is 39.0 Å². The third kappa shape index (κ3) is 4.76. The van der Waals surface area contributed by atoms with Gasteiger partial charge in [0, 0.05) is 32.7 Å². The highest BCUT2D eigenvalue weighted by Crippen LogP contribution is 2.17.